The number of benzene rings is 1. The minimum absolute atomic E-state index is 0.0174. The fraction of sp³-hybridized carbons (Fsp3) is 0.200. The van der Waals surface area contributed by atoms with E-state index in [1.807, 2.05) is 76.1 Å². The normalized spacial score (nSPS) is 14.5. The van der Waals surface area contributed by atoms with Gasteiger partial charge in [0.1, 0.15) is 5.69 Å². The molecule has 0 radical (unpaired) electrons. The van der Waals surface area contributed by atoms with Gasteiger partial charge < -0.3 is 10.2 Å². The van der Waals surface area contributed by atoms with E-state index in [1.54, 1.807) is 22.7 Å². The number of thiophene rings is 1. The Morgan fingerprint density at radius 1 is 0.971 bits per heavy atom. The number of anilines is 2. The first kappa shape index (κ1) is 21.0. The molecule has 34 heavy (non-hydrogen) atoms. The van der Waals surface area contributed by atoms with Crippen LogP contribution in [-0.2, 0) is 4.79 Å². The third kappa shape index (κ3) is 4.20. The Morgan fingerprint density at radius 2 is 1.88 bits per heavy atom. The van der Waals surface area contributed by atoms with Crippen LogP contribution in [0.2, 0.25) is 0 Å². The van der Waals surface area contributed by atoms with Gasteiger partial charge in [-0.05, 0) is 48.6 Å². The second kappa shape index (κ2) is 9.00. The Kier molecular flexibility index (Phi) is 5.56. The standard InChI is InChI=1S/C25H22N6OS2/c32-24(26-19-4-1-3-18(15-19)21-16-31-12-14-34-25(31)27-21)17-8-10-30(11-9-17)23-7-6-20(28-29-23)22-5-2-13-33-22/h1-7,12-17H,8-11H2,(H,26,32). The first-order valence-electron chi connectivity index (χ1n) is 11.2. The van der Waals surface area contributed by atoms with Gasteiger partial charge in [-0.1, -0.05) is 18.2 Å². The quantitative estimate of drug-likeness (QED) is 0.358. The summed E-state index contributed by atoms with van der Waals surface area (Å²) in [5.74, 6) is 0.921. The lowest BCUT2D eigenvalue weighted by molar-refractivity contribution is -0.120. The lowest BCUT2D eigenvalue weighted by Crippen LogP contribution is -2.38. The maximum atomic E-state index is 13.0. The van der Waals surface area contributed by atoms with Crippen molar-refractivity contribution in [1.29, 1.82) is 0 Å². The Morgan fingerprint density at radius 3 is 2.65 bits per heavy atom. The number of carbonyl (C=O) groups is 1. The number of piperidine rings is 1. The highest BCUT2D eigenvalue weighted by molar-refractivity contribution is 7.15. The molecule has 0 aliphatic carbocycles. The maximum Gasteiger partial charge on any atom is 0.227 e. The first-order chi connectivity index (χ1) is 16.7. The lowest BCUT2D eigenvalue weighted by Gasteiger charge is -2.31. The number of aromatic nitrogens is 4. The number of thiazole rings is 1. The third-order valence-corrected chi connectivity index (χ3v) is 7.80. The summed E-state index contributed by atoms with van der Waals surface area (Å²) in [7, 11) is 0. The van der Waals surface area contributed by atoms with Gasteiger partial charge in [0, 0.05) is 48.0 Å². The molecule has 1 N–H and O–H groups in total. The van der Waals surface area contributed by atoms with Gasteiger partial charge in [-0.3, -0.25) is 9.20 Å². The molecular formula is C25H22N6OS2. The minimum atomic E-state index is -0.0174. The third-order valence-electron chi connectivity index (χ3n) is 6.13. The maximum absolute atomic E-state index is 13.0. The summed E-state index contributed by atoms with van der Waals surface area (Å²) >= 11 is 3.26. The van der Waals surface area contributed by atoms with E-state index in [9.17, 15) is 4.79 Å². The van der Waals surface area contributed by atoms with Crippen molar-refractivity contribution in [3.05, 3.63) is 71.7 Å². The van der Waals surface area contributed by atoms with Gasteiger partial charge in [-0.2, -0.15) is 0 Å². The summed E-state index contributed by atoms with van der Waals surface area (Å²) in [6.45, 7) is 1.58. The second-order valence-electron chi connectivity index (χ2n) is 8.30. The van der Waals surface area contributed by atoms with Crippen molar-refractivity contribution < 1.29 is 4.79 Å². The highest BCUT2D eigenvalue weighted by atomic mass is 32.1. The van der Waals surface area contributed by atoms with Gasteiger partial charge in [0.2, 0.25) is 5.91 Å². The molecule has 1 aromatic carbocycles. The van der Waals surface area contributed by atoms with Gasteiger partial charge in [0.05, 0.1) is 10.6 Å². The van der Waals surface area contributed by atoms with Crippen molar-refractivity contribution in [2.24, 2.45) is 5.92 Å². The average molecular weight is 487 g/mol. The number of rotatable bonds is 5. The molecule has 0 spiro atoms. The van der Waals surface area contributed by atoms with Crippen LogP contribution in [0.4, 0.5) is 11.5 Å². The fourth-order valence-corrected chi connectivity index (χ4v) is 5.68. The van der Waals surface area contributed by atoms with Gasteiger partial charge in [0.25, 0.3) is 0 Å². The molecule has 1 fully saturated rings. The summed E-state index contributed by atoms with van der Waals surface area (Å²) in [4.78, 5) is 21.9. The van der Waals surface area contributed by atoms with Gasteiger partial charge in [-0.25, -0.2) is 4.98 Å². The van der Waals surface area contributed by atoms with Gasteiger partial charge >= 0.3 is 0 Å². The van der Waals surface area contributed by atoms with Gasteiger partial charge in [0.15, 0.2) is 10.8 Å². The van der Waals surface area contributed by atoms with Crippen LogP contribution in [-0.4, -0.2) is 38.6 Å². The topological polar surface area (TPSA) is 75.4 Å². The van der Waals surface area contributed by atoms with Crippen molar-refractivity contribution in [2.75, 3.05) is 23.3 Å². The minimum Gasteiger partial charge on any atom is -0.355 e. The summed E-state index contributed by atoms with van der Waals surface area (Å²) in [6.07, 6.45) is 5.59. The van der Waals surface area contributed by atoms with Crippen LogP contribution in [0.1, 0.15) is 12.8 Å². The van der Waals surface area contributed by atoms with E-state index < -0.39 is 0 Å². The zero-order valence-electron chi connectivity index (χ0n) is 18.3. The Bertz CT molecular complexity index is 1390. The van der Waals surface area contributed by atoms with Crippen molar-refractivity contribution >= 4 is 45.0 Å². The Hall–Kier alpha value is -3.56. The number of amides is 1. The molecule has 0 atom stereocenters. The number of nitrogens with zero attached hydrogens (tertiary/aromatic N) is 5. The molecule has 5 aromatic rings. The molecular weight excluding hydrogens is 464 g/mol. The average Bonchev–Trinajstić information content (AvgIpc) is 3.63. The largest absolute Gasteiger partial charge is 0.355 e. The molecule has 1 aliphatic rings. The molecule has 0 saturated carbocycles. The van der Waals surface area contributed by atoms with Crippen LogP contribution in [0.3, 0.4) is 0 Å². The first-order valence-corrected chi connectivity index (χ1v) is 12.9. The highest BCUT2D eigenvalue weighted by Gasteiger charge is 2.26. The smallest absolute Gasteiger partial charge is 0.227 e. The molecule has 170 valence electrons. The molecule has 0 unspecified atom stereocenters. The SMILES string of the molecule is O=C(Nc1cccc(-c2cn3ccsc3n2)c1)C1CCN(c2ccc(-c3cccs3)nn2)CC1. The number of fused-ring (bicyclic) bond motifs is 1. The number of hydrogen-bond donors (Lipinski definition) is 1. The molecule has 5 heterocycles. The van der Waals surface area contributed by atoms with E-state index in [-0.39, 0.29) is 11.8 Å². The predicted molar refractivity (Wildman–Crippen MR) is 137 cm³/mol. The zero-order chi connectivity index (χ0) is 22.9. The summed E-state index contributed by atoms with van der Waals surface area (Å²) < 4.78 is 2.01. The van der Waals surface area contributed by atoms with E-state index in [1.165, 1.54) is 0 Å². The molecule has 9 heteroatoms. The second-order valence-corrected chi connectivity index (χ2v) is 10.1. The monoisotopic (exact) mass is 486 g/mol. The van der Waals surface area contributed by atoms with E-state index in [4.69, 9.17) is 0 Å². The van der Waals surface area contributed by atoms with Crippen LogP contribution in [0.5, 0.6) is 0 Å². The van der Waals surface area contributed by atoms with E-state index >= 15 is 0 Å². The summed E-state index contributed by atoms with van der Waals surface area (Å²) in [5.41, 5.74) is 3.59. The molecule has 1 aliphatic heterocycles. The van der Waals surface area contributed by atoms with Gasteiger partial charge in [-0.15, -0.1) is 32.9 Å². The molecule has 1 saturated heterocycles. The van der Waals surface area contributed by atoms with Crippen LogP contribution in [0.25, 0.3) is 26.8 Å². The molecule has 7 nitrogen and oxygen atoms in total. The summed E-state index contributed by atoms with van der Waals surface area (Å²) in [6, 6.07) is 16.0. The molecule has 4 aromatic heterocycles. The van der Waals surface area contributed by atoms with Crippen molar-refractivity contribution in [1.82, 2.24) is 19.6 Å². The Labute approximate surface area is 204 Å². The molecule has 6 rings (SSSR count). The number of carbonyl (C=O) groups excluding carboxylic acids is 1. The summed E-state index contributed by atoms with van der Waals surface area (Å²) in [5, 5.41) is 16.0. The molecule has 1 amide bonds. The van der Waals surface area contributed by atoms with E-state index in [2.05, 4.69) is 25.4 Å². The van der Waals surface area contributed by atoms with Crippen molar-refractivity contribution in [2.45, 2.75) is 12.8 Å². The van der Waals surface area contributed by atoms with Crippen LogP contribution >= 0.6 is 22.7 Å². The van der Waals surface area contributed by atoms with E-state index in [0.29, 0.717) is 0 Å². The number of imidazole rings is 1. The number of nitrogens with one attached hydrogen (secondary N) is 1. The fourth-order valence-electron chi connectivity index (χ4n) is 4.29. The zero-order valence-corrected chi connectivity index (χ0v) is 19.9. The van der Waals surface area contributed by atoms with Crippen molar-refractivity contribution in [3.8, 4) is 21.8 Å². The van der Waals surface area contributed by atoms with Crippen LogP contribution < -0.4 is 10.2 Å². The number of hydrogen-bond acceptors (Lipinski definition) is 7. The highest BCUT2D eigenvalue weighted by Crippen LogP contribution is 2.27. The van der Waals surface area contributed by atoms with Crippen LogP contribution in [0, 0.1) is 5.92 Å². The molecule has 0 bridgehead atoms. The van der Waals surface area contributed by atoms with E-state index in [0.717, 1.165) is 64.2 Å². The lowest BCUT2D eigenvalue weighted by atomic mass is 9.95. The van der Waals surface area contributed by atoms with Crippen molar-refractivity contribution in [3.63, 3.8) is 0 Å². The Balaban J connectivity index is 1.07. The predicted octanol–water partition coefficient (Wildman–Crippen LogP) is 5.44. The van der Waals surface area contributed by atoms with Crippen LogP contribution in [0.15, 0.2) is 71.7 Å².